The fourth-order valence-electron chi connectivity index (χ4n) is 5.61. The third kappa shape index (κ3) is 9.35. The van der Waals surface area contributed by atoms with Crippen LogP contribution in [0, 0.1) is 0 Å². The van der Waals surface area contributed by atoms with E-state index >= 15 is 0 Å². The van der Waals surface area contributed by atoms with Crippen molar-refractivity contribution in [3.05, 3.63) is 83.3 Å². The molecule has 0 unspecified atom stereocenters. The summed E-state index contributed by atoms with van der Waals surface area (Å²) in [7, 11) is 0. The molecule has 0 aromatic heterocycles. The van der Waals surface area contributed by atoms with Crippen molar-refractivity contribution in [2.75, 3.05) is 54.0 Å². The van der Waals surface area contributed by atoms with E-state index in [1.165, 1.54) is 0 Å². The maximum absolute atomic E-state index is 13.0. The molecular formula is C37H41N3O11. The van der Waals surface area contributed by atoms with Crippen molar-refractivity contribution < 1.29 is 53.9 Å². The summed E-state index contributed by atoms with van der Waals surface area (Å²) in [4.78, 5) is 64.1. The number of fused-ring (bicyclic) bond motifs is 2. The molecule has 14 nitrogen and oxygen atoms in total. The Morgan fingerprint density at radius 2 is 0.941 bits per heavy atom. The lowest BCUT2D eigenvalue weighted by atomic mass is 10.1. The number of allylic oxidation sites excluding steroid dienone is 2. The van der Waals surface area contributed by atoms with Crippen molar-refractivity contribution >= 4 is 46.5 Å². The zero-order chi connectivity index (χ0) is 37.2. The highest BCUT2D eigenvalue weighted by Gasteiger charge is 2.39. The molecular weight excluding hydrogens is 662 g/mol. The maximum atomic E-state index is 13.0. The van der Waals surface area contributed by atoms with Gasteiger partial charge < -0.3 is 44.6 Å². The number of benzene rings is 3. The first-order chi connectivity index (χ1) is 24.4. The van der Waals surface area contributed by atoms with Crippen LogP contribution in [0.1, 0.15) is 60.7 Å². The first-order valence-electron chi connectivity index (χ1n) is 16.5. The van der Waals surface area contributed by atoms with Gasteiger partial charge in [0.1, 0.15) is 17.2 Å². The van der Waals surface area contributed by atoms with Crippen LogP contribution in [0.2, 0.25) is 0 Å². The molecule has 0 amide bonds. The van der Waals surface area contributed by atoms with Gasteiger partial charge in [-0.3, -0.25) is 24.0 Å². The quantitative estimate of drug-likeness (QED) is 0.154. The molecule has 0 atom stereocenters. The van der Waals surface area contributed by atoms with Crippen LogP contribution < -0.4 is 24.2 Å². The molecule has 2 aliphatic heterocycles. The summed E-state index contributed by atoms with van der Waals surface area (Å²) in [5.41, 5.74) is 2.82. The van der Waals surface area contributed by atoms with Gasteiger partial charge in [0.05, 0.1) is 30.4 Å². The summed E-state index contributed by atoms with van der Waals surface area (Å²) in [6.07, 6.45) is 0.0340. The number of aliphatic carboxylic acids is 3. The number of ether oxygens (including phenoxy) is 2. The van der Waals surface area contributed by atoms with Crippen LogP contribution in [0.3, 0.4) is 0 Å². The van der Waals surface area contributed by atoms with Gasteiger partial charge >= 0.3 is 17.9 Å². The number of nitrogens with zero attached hydrogens (tertiary/aromatic N) is 3. The summed E-state index contributed by atoms with van der Waals surface area (Å²) in [5.74, 6) is -3.23. The van der Waals surface area contributed by atoms with Crippen LogP contribution in [0.5, 0.6) is 17.2 Å². The number of carbonyl (C=O) groups excluding carboxylic acids is 2. The Bertz CT molecular complexity index is 1740. The largest absolute Gasteiger partial charge is 0.508 e. The van der Waals surface area contributed by atoms with Crippen molar-refractivity contribution in [1.29, 1.82) is 0 Å². The van der Waals surface area contributed by atoms with Gasteiger partial charge in [0.2, 0.25) is 23.1 Å². The Hall–Kier alpha value is -6.05. The molecule has 51 heavy (non-hydrogen) atoms. The molecule has 0 radical (unpaired) electrons. The number of hydrogen-bond acceptors (Lipinski definition) is 11. The minimum atomic E-state index is -0.906. The molecule has 0 saturated heterocycles. The number of carboxylic acids is 3. The second-order valence-corrected chi connectivity index (χ2v) is 11.6. The number of anilines is 3. The lowest BCUT2D eigenvalue weighted by molar-refractivity contribution is -0.137. The predicted octanol–water partition coefficient (Wildman–Crippen LogP) is 5.04. The van der Waals surface area contributed by atoms with Crippen molar-refractivity contribution in [1.82, 2.24) is 0 Å². The van der Waals surface area contributed by atoms with E-state index in [2.05, 4.69) is 0 Å². The Kier molecular flexibility index (Phi) is 12.6. The summed E-state index contributed by atoms with van der Waals surface area (Å²) in [6.45, 7) is 8.64. The van der Waals surface area contributed by atoms with Gasteiger partial charge in [0, 0.05) is 74.5 Å². The minimum absolute atomic E-state index is 0.0334. The number of Topliss-reactive ketones (excluding diaryl/α,β-unsaturated/α-hetero) is 2. The van der Waals surface area contributed by atoms with E-state index in [1.807, 2.05) is 41.5 Å². The van der Waals surface area contributed by atoms with Crippen molar-refractivity contribution in [3.63, 3.8) is 0 Å². The molecule has 0 aliphatic carbocycles. The first kappa shape index (κ1) is 37.8. The van der Waals surface area contributed by atoms with E-state index in [0.29, 0.717) is 44.1 Å². The zero-order valence-electron chi connectivity index (χ0n) is 28.6. The molecule has 2 aliphatic rings. The molecule has 3 aromatic carbocycles. The average molecular weight is 704 g/mol. The van der Waals surface area contributed by atoms with Crippen LogP contribution in [0.15, 0.2) is 72.2 Å². The average Bonchev–Trinajstić information content (AvgIpc) is 3.60. The number of phenolic OH excluding ortho intramolecular Hbond substituents is 1. The third-order valence-corrected chi connectivity index (χ3v) is 8.32. The van der Waals surface area contributed by atoms with E-state index in [-0.39, 0.29) is 59.2 Å². The molecule has 5 rings (SSSR count). The number of carbonyl (C=O) groups is 5. The van der Waals surface area contributed by atoms with Crippen molar-refractivity contribution in [2.24, 2.45) is 0 Å². The van der Waals surface area contributed by atoms with Crippen LogP contribution in [0.4, 0.5) is 17.1 Å². The van der Waals surface area contributed by atoms with Gasteiger partial charge in [-0.1, -0.05) is 6.07 Å². The second kappa shape index (κ2) is 17.1. The molecule has 0 saturated carbocycles. The van der Waals surface area contributed by atoms with Crippen molar-refractivity contribution in [2.45, 2.75) is 40.0 Å². The Morgan fingerprint density at radius 3 is 1.27 bits per heavy atom. The predicted molar refractivity (Wildman–Crippen MR) is 188 cm³/mol. The van der Waals surface area contributed by atoms with Crippen molar-refractivity contribution in [3.8, 4) is 17.2 Å². The molecule has 3 aromatic rings. The third-order valence-electron chi connectivity index (χ3n) is 8.32. The first-order valence-corrected chi connectivity index (χ1v) is 16.5. The van der Waals surface area contributed by atoms with Gasteiger partial charge in [0.15, 0.2) is 0 Å². The summed E-state index contributed by atoms with van der Waals surface area (Å²) in [5, 5.41) is 35.8. The highest BCUT2D eigenvalue weighted by Crippen LogP contribution is 2.41. The van der Waals surface area contributed by atoms with Crippen LogP contribution in [0.25, 0.3) is 0 Å². The lowest BCUT2D eigenvalue weighted by Crippen LogP contribution is -2.25. The summed E-state index contributed by atoms with van der Waals surface area (Å²) in [6, 6.07) is 16.7. The van der Waals surface area contributed by atoms with Gasteiger partial charge in [0.25, 0.3) is 0 Å². The maximum Gasteiger partial charge on any atom is 0.305 e. The van der Waals surface area contributed by atoms with Gasteiger partial charge in [-0.15, -0.1) is 0 Å². The fraction of sp³-hybridized carbons (Fsp3) is 0.324. The Morgan fingerprint density at radius 1 is 0.569 bits per heavy atom. The normalized spacial score (nSPS) is 14.0. The molecule has 14 heteroatoms. The number of ketones is 2. The van der Waals surface area contributed by atoms with E-state index in [4.69, 9.17) is 24.8 Å². The Balaban J connectivity index is 0.000000326. The number of hydrogen-bond donors (Lipinski definition) is 4. The Labute approximate surface area is 294 Å². The van der Waals surface area contributed by atoms with E-state index in [0.717, 1.165) is 12.2 Å². The zero-order valence-corrected chi connectivity index (χ0v) is 28.6. The molecule has 0 fully saturated rings. The molecule has 0 spiro atoms. The van der Waals surface area contributed by atoms with E-state index in [9.17, 15) is 29.1 Å². The van der Waals surface area contributed by atoms with Crippen LogP contribution in [-0.4, -0.2) is 89.2 Å². The second-order valence-electron chi connectivity index (χ2n) is 11.6. The van der Waals surface area contributed by atoms with E-state index in [1.54, 1.807) is 54.6 Å². The minimum Gasteiger partial charge on any atom is -0.508 e. The monoisotopic (exact) mass is 703 g/mol. The fourth-order valence-corrected chi connectivity index (χ4v) is 5.61. The lowest BCUT2D eigenvalue weighted by Gasteiger charge is -2.22. The molecule has 4 N–H and O–H groups in total. The number of rotatable bonds is 15. The number of aromatic hydroxyl groups is 1. The number of carboxylic acid groups (broad SMARTS) is 3. The van der Waals surface area contributed by atoms with Crippen LogP contribution in [-0.2, 0) is 14.4 Å². The molecule has 0 bridgehead atoms. The highest BCUT2D eigenvalue weighted by atomic mass is 16.5. The van der Waals surface area contributed by atoms with Gasteiger partial charge in [-0.2, -0.15) is 0 Å². The smallest absolute Gasteiger partial charge is 0.305 e. The standard InChI is InChI=1S/C26H26N2O8.C11H15NO3/c1-3-27(11-9-21(29)30)15-5-7-17-19(13-15)35-25(23(17)33)26-24(34)18-8-6-16(14-20(18)36-26)28(4-2)12-10-22(31)32;1-2-12(7-6-11(14)15)9-4-3-5-10(13)8-9/h5-8,13-14H,3-4,9-12H2,1-2H3,(H,29,30)(H,31,32);3-5,8,13H,2,6-7H2,1H3,(H,14,15)/b26-25+;. The summed E-state index contributed by atoms with van der Waals surface area (Å²) >= 11 is 0. The number of phenols is 1. The van der Waals surface area contributed by atoms with Crippen LogP contribution >= 0.6 is 0 Å². The highest BCUT2D eigenvalue weighted by molar-refractivity contribution is 6.21. The SMILES string of the molecule is CCN(CCC(=O)O)c1ccc2c(c1)O/C(=C1/Oc3cc(N(CC)CCC(=O)O)ccc3C1=O)C2=O.CCN(CCC(=O)O)c1cccc(O)c1. The van der Waals surface area contributed by atoms with Gasteiger partial charge in [-0.25, -0.2) is 0 Å². The van der Waals surface area contributed by atoms with Gasteiger partial charge in [-0.05, 0) is 57.2 Å². The van der Waals surface area contributed by atoms with E-state index < -0.39 is 29.5 Å². The summed E-state index contributed by atoms with van der Waals surface area (Å²) < 4.78 is 11.6. The molecule has 2 heterocycles. The topological polar surface area (TPSA) is 194 Å². The molecule has 270 valence electrons.